The van der Waals surface area contributed by atoms with Crippen LogP contribution in [-0.4, -0.2) is 3.21 Å². The summed E-state index contributed by atoms with van der Waals surface area (Å²) in [7, 11) is 0. The molecule has 0 N–H and O–H groups in total. The summed E-state index contributed by atoms with van der Waals surface area (Å²) in [6, 6.07) is 15.9. The van der Waals surface area contributed by atoms with Gasteiger partial charge in [-0.1, -0.05) is 0 Å². The van der Waals surface area contributed by atoms with Crippen molar-refractivity contribution < 1.29 is 33.7 Å². The number of hydrogen-bond donors (Lipinski definition) is 0. The SMILES string of the molecule is C[C](C)=[Zr+]([C]1=CC=CC1)[c]1cccc2c1Cc1ccccc1-2.[Cl-]. The molecule has 0 radical (unpaired) electrons. The maximum atomic E-state index is 2.42. The Labute approximate surface area is 152 Å². The minimum Gasteiger partial charge on any atom is -1.00 e. The number of fused-ring (bicyclic) bond motifs is 3. The first kappa shape index (κ1) is 16.8. The molecule has 2 aliphatic carbocycles. The molecule has 0 spiro atoms. The van der Waals surface area contributed by atoms with Gasteiger partial charge in [0.15, 0.2) is 0 Å². The topological polar surface area (TPSA) is 0 Å². The van der Waals surface area contributed by atoms with E-state index in [0.29, 0.717) is 0 Å². The Balaban J connectivity index is 0.00000156. The molecule has 2 aromatic rings. The van der Waals surface area contributed by atoms with Crippen LogP contribution in [0.2, 0.25) is 0 Å². The Hall–Kier alpha value is -1.04. The number of halogens is 1. The molecule has 2 aromatic carbocycles. The van der Waals surface area contributed by atoms with Gasteiger partial charge in [0.05, 0.1) is 0 Å². The summed E-state index contributed by atoms with van der Waals surface area (Å²) in [6.45, 7) is 4.71. The molecule has 0 unspecified atom stereocenters. The Morgan fingerprint density at radius 2 is 1.74 bits per heavy atom. The monoisotopic (exact) mass is 397 g/mol. The van der Waals surface area contributed by atoms with Crippen molar-refractivity contribution in [1.29, 1.82) is 0 Å². The molecule has 0 nitrogen and oxygen atoms in total. The standard InChI is InChI=1S/C13H9.C5H5.C3H6.ClH.Zr/c1-3-7-12-10(5-1)9-11-6-2-4-8-13(11)12;1-2-4-5-3-1;1-3-2;;/h1-5,7-8H,9H2;1-3H,4H2;1-2H3;1H;/q;;;;+1/p-1. The molecule has 0 amide bonds. The van der Waals surface area contributed by atoms with Crippen LogP contribution < -0.4 is 15.7 Å². The maximum Gasteiger partial charge on any atom is -1.00 e. The fraction of sp³-hybridized carbons (Fsp3) is 0.190. The van der Waals surface area contributed by atoms with E-state index in [-0.39, 0.29) is 12.4 Å². The maximum absolute atomic E-state index is 2.42. The van der Waals surface area contributed by atoms with E-state index >= 15 is 0 Å². The molecule has 115 valence electrons. The van der Waals surface area contributed by atoms with Gasteiger partial charge >= 0.3 is 141 Å². The van der Waals surface area contributed by atoms with E-state index in [1.807, 2.05) is 0 Å². The number of hydrogen-bond acceptors (Lipinski definition) is 0. The molecule has 0 aromatic heterocycles. The first-order valence-electron chi connectivity index (χ1n) is 8.00. The first-order chi connectivity index (χ1) is 10.8. The van der Waals surface area contributed by atoms with Crippen molar-refractivity contribution in [3.63, 3.8) is 0 Å². The summed E-state index contributed by atoms with van der Waals surface area (Å²) in [6.07, 6.45) is 9.26. The molecule has 0 heterocycles. The number of benzene rings is 2. The summed E-state index contributed by atoms with van der Waals surface area (Å²) in [5.41, 5.74) is 6.06. The third-order valence-electron chi connectivity index (χ3n) is 4.71. The Kier molecular flexibility index (Phi) is 4.99. The normalized spacial score (nSPS) is 13.9. The second-order valence-electron chi connectivity index (χ2n) is 6.36. The van der Waals surface area contributed by atoms with Gasteiger partial charge in [-0.2, -0.15) is 0 Å². The van der Waals surface area contributed by atoms with Gasteiger partial charge in [-0.15, -0.1) is 0 Å². The van der Waals surface area contributed by atoms with Gasteiger partial charge in [-0.25, -0.2) is 0 Å². The zero-order chi connectivity index (χ0) is 15.1. The van der Waals surface area contributed by atoms with Crippen molar-refractivity contribution in [3.8, 4) is 11.1 Å². The minimum absolute atomic E-state index is 0. The molecule has 0 aliphatic heterocycles. The molecule has 4 rings (SSSR count). The van der Waals surface area contributed by atoms with Crippen molar-refractivity contribution in [1.82, 2.24) is 0 Å². The first-order valence-corrected chi connectivity index (χ1v) is 11.7. The van der Waals surface area contributed by atoms with Crippen molar-refractivity contribution in [3.05, 3.63) is 75.1 Å². The molecular formula is C21H20ClZr. The Bertz CT molecular complexity index is 852. The van der Waals surface area contributed by atoms with Gasteiger partial charge in [0, 0.05) is 0 Å². The number of rotatable bonds is 2. The van der Waals surface area contributed by atoms with Crippen LogP contribution in [-0.2, 0) is 27.7 Å². The molecule has 2 heteroatoms. The molecule has 0 fully saturated rings. The van der Waals surface area contributed by atoms with Crippen molar-refractivity contribution in [2.45, 2.75) is 26.7 Å². The largest absolute Gasteiger partial charge is 1.00 e. The van der Waals surface area contributed by atoms with Gasteiger partial charge in [0.1, 0.15) is 0 Å². The van der Waals surface area contributed by atoms with Crippen LogP contribution in [0, 0.1) is 0 Å². The van der Waals surface area contributed by atoms with E-state index in [9.17, 15) is 0 Å². The van der Waals surface area contributed by atoms with E-state index < -0.39 is 21.3 Å². The van der Waals surface area contributed by atoms with Gasteiger partial charge in [-0.3, -0.25) is 0 Å². The van der Waals surface area contributed by atoms with Crippen molar-refractivity contribution in [2.75, 3.05) is 0 Å². The van der Waals surface area contributed by atoms with E-state index in [4.69, 9.17) is 0 Å². The molecule has 2 aliphatic rings. The number of allylic oxidation sites excluding steroid dienone is 4. The van der Waals surface area contributed by atoms with Crippen LogP contribution in [0.3, 0.4) is 0 Å². The molecule has 23 heavy (non-hydrogen) atoms. The predicted octanol–water partition coefficient (Wildman–Crippen LogP) is 1.56. The fourth-order valence-corrected chi connectivity index (χ4v) is 10.9. The third kappa shape index (κ3) is 2.90. The van der Waals surface area contributed by atoms with Crippen molar-refractivity contribution in [2.24, 2.45) is 0 Å². The summed E-state index contributed by atoms with van der Waals surface area (Å²) < 4.78 is 5.11. The quantitative estimate of drug-likeness (QED) is 0.614. The second-order valence-corrected chi connectivity index (χ2v) is 13.6. The average molecular weight is 399 g/mol. The van der Waals surface area contributed by atoms with Crippen LogP contribution in [0.5, 0.6) is 0 Å². The van der Waals surface area contributed by atoms with Gasteiger partial charge in [0.2, 0.25) is 0 Å². The molecule has 0 saturated carbocycles. The molecule has 0 saturated heterocycles. The van der Waals surface area contributed by atoms with E-state index in [1.165, 1.54) is 23.1 Å². The Morgan fingerprint density at radius 1 is 0.957 bits per heavy atom. The summed E-state index contributed by atoms with van der Waals surface area (Å²) in [5, 5.41) is 0. The molecule has 0 atom stereocenters. The van der Waals surface area contributed by atoms with Gasteiger partial charge in [0.25, 0.3) is 0 Å². The minimum atomic E-state index is -1.86. The third-order valence-corrected chi connectivity index (χ3v) is 12.1. The second kappa shape index (κ2) is 6.83. The summed E-state index contributed by atoms with van der Waals surface area (Å²) in [4.78, 5) is 0. The van der Waals surface area contributed by atoms with E-state index in [0.717, 1.165) is 6.42 Å². The van der Waals surface area contributed by atoms with Crippen molar-refractivity contribution >= 4 is 6.48 Å². The Morgan fingerprint density at radius 3 is 2.48 bits per heavy atom. The molecular weight excluding hydrogens is 379 g/mol. The van der Waals surface area contributed by atoms with Crippen LogP contribution in [0.4, 0.5) is 0 Å². The van der Waals surface area contributed by atoms with Crippen LogP contribution >= 0.6 is 0 Å². The fourth-order valence-electron chi connectivity index (χ4n) is 3.79. The van der Waals surface area contributed by atoms with E-state index in [1.54, 1.807) is 15.3 Å². The van der Waals surface area contributed by atoms with Gasteiger partial charge < -0.3 is 12.4 Å². The predicted molar refractivity (Wildman–Crippen MR) is 92.5 cm³/mol. The average Bonchev–Trinajstić information content (AvgIpc) is 3.15. The van der Waals surface area contributed by atoms with Crippen LogP contribution in [0.1, 0.15) is 31.4 Å². The zero-order valence-electron chi connectivity index (χ0n) is 13.6. The smallest absolute Gasteiger partial charge is 1.00 e. The van der Waals surface area contributed by atoms with Crippen LogP contribution in [0.15, 0.2) is 64.0 Å². The summed E-state index contributed by atoms with van der Waals surface area (Å²) >= 11 is -1.86. The van der Waals surface area contributed by atoms with Gasteiger partial charge in [-0.05, 0) is 0 Å². The summed E-state index contributed by atoms with van der Waals surface area (Å²) in [5.74, 6) is 0. The molecule has 0 bridgehead atoms. The zero-order valence-corrected chi connectivity index (χ0v) is 16.8. The van der Waals surface area contributed by atoms with E-state index in [2.05, 4.69) is 74.5 Å². The van der Waals surface area contributed by atoms with Crippen LogP contribution in [0.25, 0.3) is 11.1 Å².